The second-order valence-electron chi connectivity index (χ2n) is 4.84. The average molecular weight is 315 g/mol. The summed E-state index contributed by atoms with van der Waals surface area (Å²) in [4.78, 5) is 5.97. The zero-order valence-electron chi connectivity index (χ0n) is 11.6. The normalized spacial score (nSPS) is 10.8. The van der Waals surface area contributed by atoms with Crippen LogP contribution in [0.3, 0.4) is 0 Å². The van der Waals surface area contributed by atoms with Crippen LogP contribution >= 0.6 is 22.9 Å². The first kappa shape index (κ1) is 14.3. The molecule has 0 fully saturated rings. The summed E-state index contributed by atoms with van der Waals surface area (Å²) in [6.45, 7) is 2.65. The Kier molecular flexibility index (Phi) is 4.06. The molecule has 0 spiro atoms. The molecule has 1 aromatic heterocycles. The standard InChI is InChI=1S/C17H15ClN2S/c1-11-16(14-3-2-4-15(18)9-14)20-17(21-11)13-7-5-12(10-19)6-8-13/h2-9H,10,19H2,1H3. The van der Waals surface area contributed by atoms with Crippen molar-refractivity contribution in [3.05, 3.63) is 64.0 Å². The van der Waals surface area contributed by atoms with Gasteiger partial charge in [-0.3, -0.25) is 0 Å². The van der Waals surface area contributed by atoms with E-state index in [1.165, 1.54) is 4.88 Å². The number of rotatable bonds is 3. The van der Waals surface area contributed by atoms with Gasteiger partial charge in [-0.05, 0) is 24.6 Å². The Hall–Kier alpha value is -1.68. The summed E-state index contributed by atoms with van der Waals surface area (Å²) < 4.78 is 0. The van der Waals surface area contributed by atoms with Crippen LogP contribution in [-0.2, 0) is 6.54 Å². The van der Waals surface area contributed by atoms with Gasteiger partial charge in [0.1, 0.15) is 5.01 Å². The highest BCUT2D eigenvalue weighted by atomic mass is 35.5. The van der Waals surface area contributed by atoms with Crippen molar-refractivity contribution in [3.63, 3.8) is 0 Å². The van der Waals surface area contributed by atoms with Gasteiger partial charge >= 0.3 is 0 Å². The molecule has 0 bridgehead atoms. The minimum absolute atomic E-state index is 0.560. The fourth-order valence-corrected chi connectivity index (χ4v) is 3.34. The molecule has 0 saturated heterocycles. The molecule has 0 atom stereocenters. The molecule has 2 N–H and O–H groups in total. The van der Waals surface area contributed by atoms with Crippen molar-refractivity contribution in [3.8, 4) is 21.8 Å². The molecule has 2 aromatic carbocycles. The van der Waals surface area contributed by atoms with Gasteiger partial charge in [-0.2, -0.15) is 0 Å². The van der Waals surface area contributed by atoms with Crippen LogP contribution in [0.1, 0.15) is 10.4 Å². The quantitative estimate of drug-likeness (QED) is 0.747. The summed E-state index contributed by atoms with van der Waals surface area (Å²) >= 11 is 7.76. The summed E-state index contributed by atoms with van der Waals surface area (Å²) in [5, 5.41) is 1.75. The number of nitrogens with zero attached hydrogens (tertiary/aromatic N) is 1. The van der Waals surface area contributed by atoms with Crippen LogP contribution in [0.5, 0.6) is 0 Å². The van der Waals surface area contributed by atoms with Gasteiger partial charge in [0.05, 0.1) is 5.69 Å². The van der Waals surface area contributed by atoms with E-state index in [1.54, 1.807) is 11.3 Å². The first-order chi connectivity index (χ1) is 10.2. The van der Waals surface area contributed by atoms with Gasteiger partial charge in [-0.25, -0.2) is 4.98 Å². The molecule has 21 heavy (non-hydrogen) atoms. The van der Waals surface area contributed by atoms with Crippen LogP contribution in [-0.4, -0.2) is 4.98 Å². The minimum atomic E-state index is 0.560. The van der Waals surface area contributed by atoms with Crippen molar-refractivity contribution < 1.29 is 0 Å². The Bertz CT molecular complexity index is 763. The first-order valence-corrected chi connectivity index (χ1v) is 7.89. The van der Waals surface area contributed by atoms with Gasteiger partial charge in [-0.15, -0.1) is 11.3 Å². The molecule has 0 unspecified atom stereocenters. The van der Waals surface area contributed by atoms with Gasteiger partial charge < -0.3 is 5.73 Å². The van der Waals surface area contributed by atoms with Crippen LogP contribution in [0, 0.1) is 6.92 Å². The maximum Gasteiger partial charge on any atom is 0.124 e. The van der Waals surface area contributed by atoms with Crippen molar-refractivity contribution in [2.24, 2.45) is 5.73 Å². The largest absolute Gasteiger partial charge is 0.326 e. The van der Waals surface area contributed by atoms with E-state index in [1.807, 2.05) is 36.4 Å². The monoisotopic (exact) mass is 314 g/mol. The lowest BCUT2D eigenvalue weighted by Crippen LogP contribution is -1.95. The number of thiazole rings is 1. The highest BCUT2D eigenvalue weighted by molar-refractivity contribution is 7.15. The second kappa shape index (κ2) is 5.98. The fraction of sp³-hybridized carbons (Fsp3) is 0.118. The highest BCUT2D eigenvalue weighted by Gasteiger charge is 2.11. The van der Waals surface area contributed by atoms with Gasteiger partial charge in [0.2, 0.25) is 0 Å². The van der Waals surface area contributed by atoms with E-state index in [0.29, 0.717) is 6.54 Å². The molecule has 106 valence electrons. The van der Waals surface area contributed by atoms with Crippen LogP contribution in [0.15, 0.2) is 48.5 Å². The van der Waals surface area contributed by atoms with Crippen LogP contribution in [0.25, 0.3) is 21.8 Å². The fourth-order valence-electron chi connectivity index (χ4n) is 2.21. The Balaban J connectivity index is 2.00. The lowest BCUT2D eigenvalue weighted by Gasteiger charge is -2.00. The smallest absolute Gasteiger partial charge is 0.124 e. The third-order valence-corrected chi connectivity index (χ3v) is 4.59. The molecule has 3 rings (SSSR count). The van der Waals surface area contributed by atoms with Crippen molar-refractivity contribution in [1.29, 1.82) is 0 Å². The lowest BCUT2D eigenvalue weighted by molar-refractivity contribution is 1.07. The molecule has 0 aliphatic heterocycles. The maximum absolute atomic E-state index is 6.07. The molecule has 0 saturated carbocycles. The van der Waals surface area contributed by atoms with Crippen molar-refractivity contribution in [2.75, 3.05) is 0 Å². The Morgan fingerprint density at radius 2 is 1.86 bits per heavy atom. The number of halogens is 1. The third kappa shape index (κ3) is 3.00. The second-order valence-corrected chi connectivity index (χ2v) is 6.47. The van der Waals surface area contributed by atoms with E-state index < -0.39 is 0 Å². The van der Waals surface area contributed by atoms with Crippen LogP contribution in [0.4, 0.5) is 0 Å². The number of nitrogens with two attached hydrogens (primary N) is 1. The summed E-state index contributed by atoms with van der Waals surface area (Å²) in [5.74, 6) is 0. The number of benzene rings is 2. The zero-order valence-corrected chi connectivity index (χ0v) is 13.2. The minimum Gasteiger partial charge on any atom is -0.326 e. The summed E-state index contributed by atoms with van der Waals surface area (Å²) in [7, 11) is 0. The molecule has 4 heteroatoms. The van der Waals surface area contributed by atoms with E-state index in [-0.39, 0.29) is 0 Å². The molecule has 2 nitrogen and oxygen atoms in total. The van der Waals surface area contributed by atoms with E-state index in [0.717, 1.165) is 32.4 Å². The van der Waals surface area contributed by atoms with E-state index in [4.69, 9.17) is 22.3 Å². The van der Waals surface area contributed by atoms with Crippen molar-refractivity contribution in [2.45, 2.75) is 13.5 Å². The molecule has 0 radical (unpaired) electrons. The van der Waals surface area contributed by atoms with Crippen LogP contribution in [0.2, 0.25) is 5.02 Å². The Morgan fingerprint density at radius 3 is 2.52 bits per heavy atom. The number of hydrogen-bond donors (Lipinski definition) is 1. The molecule has 0 aliphatic rings. The van der Waals surface area contributed by atoms with Gasteiger partial charge in [0, 0.05) is 27.6 Å². The number of hydrogen-bond acceptors (Lipinski definition) is 3. The summed E-state index contributed by atoms with van der Waals surface area (Å²) in [6, 6.07) is 16.0. The third-order valence-electron chi connectivity index (χ3n) is 3.33. The van der Waals surface area contributed by atoms with E-state index in [2.05, 4.69) is 19.1 Å². The maximum atomic E-state index is 6.07. The highest BCUT2D eigenvalue weighted by Crippen LogP contribution is 2.34. The Labute approximate surface area is 133 Å². The van der Waals surface area contributed by atoms with Crippen molar-refractivity contribution in [1.82, 2.24) is 4.98 Å². The SMILES string of the molecule is Cc1sc(-c2ccc(CN)cc2)nc1-c1cccc(Cl)c1. The lowest BCUT2D eigenvalue weighted by atomic mass is 10.1. The van der Waals surface area contributed by atoms with Gasteiger partial charge in [-0.1, -0.05) is 48.0 Å². The molecular formula is C17H15ClN2S. The van der Waals surface area contributed by atoms with Crippen molar-refractivity contribution >= 4 is 22.9 Å². The predicted molar refractivity (Wildman–Crippen MR) is 90.6 cm³/mol. The average Bonchev–Trinajstić information content (AvgIpc) is 2.89. The topological polar surface area (TPSA) is 38.9 Å². The van der Waals surface area contributed by atoms with Crippen LogP contribution < -0.4 is 5.73 Å². The van der Waals surface area contributed by atoms with Gasteiger partial charge in [0.15, 0.2) is 0 Å². The Morgan fingerprint density at radius 1 is 1.10 bits per heavy atom. The predicted octanol–water partition coefficient (Wildman–Crippen LogP) is 4.90. The summed E-state index contributed by atoms with van der Waals surface area (Å²) in [5.41, 5.74) is 9.93. The van der Waals surface area contributed by atoms with E-state index in [9.17, 15) is 0 Å². The molecule has 0 aliphatic carbocycles. The van der Waals surface area contributed by atoms with Gasteiger partial charge in [0.25, 0.3) is 0 Å². The zero-order chi connectivity index (χ0) is 14.8. The molecular weight excluding hydrogens is 300 g/mol. The molecule has 1 heterocycles. The first-order valence-electron chi connectivity index (χ1n) is 6.70. The number of aromatic nitrogens is 1. The number of aryl methyl sites for hydroxylation is 1. The van der Waals surface area contributed by atoms with E-state index >= 15 is 0 Å². The molecule has 0 amide bonds. The summed E-state index contributed by atoms with van der Waals surface area (Å²) in [6.07, 6.45) is 0. The molecule has 3 aromatic rings.